The van der Waals surface area contributed by atoms with Gasteiger partial charge in [-0.05, 0) is 36.2 Å². The van der Waals surface area contributed by atoms with Gasteiger partial charge in [0.15, 0.2) is 0 Å². The van der Waals surface area contributed by atoms with E-state index in [2.05, 4.69) is 28.2 Å². The molecule has 2 heterocycles. The maximum atomic E-state index is 5.98. The molecule has 0 atom stereocenters. The highest BCUT2D eigenvalue weighted by Crippen LogP contribution is 2.30. The molecule has 2 aromatic heterocycles. The molecule has 0 aliphatic heterocycles. The van der Waals surface area contributed by atoms with E-state index in [9.17, 15) is 0 Å². The Morgan fingerprint density at radius 3 is 2.78 bits per heavy atom. The Morgan fingerprint density at radius 2 is 1.89 bits per heavy atom. The predicted molar refractivity (Wildman–Crippen MR) is 74.1 cm³/mol. The lowest BCUT2D eigenvalue weighted by Crippen LogP contribution is -1.95. The molecule has 3 aromatic rings. The molecule has 0 unspecified atom stereocenters. The van der Waals surface area contributed by atoms with Gasteiger partial charge in [-0.1, -0.05) is 18.2 Å². The summed E-state index contributed by atoms with van der Waals surface area (Å²) in [4.78, 5) is 8.58. The van der Waals surface area contributed by atoms with E-state index in [4.69, 9.17) is 5.73 Å². The first kappa shape index (κ1) is 10.7. The largest absolute Gasteiger partial charge is 0.383 e. The number of benzene rings is 1. The van der Waals surface area contributed by atoms with Crippen molar-refractivity contribution in [2.75, 3.05) is 5.73 Å². The summed E-state index contributed by atoms with van der Waals surface area (Å²) < 4.78 is 0. The van der Waals surface area contributed by atoms with Crippen molar-refractivity contribution in [2.24, 2.45) is 0 Å². The number of aryl methyl sites for hydroxylation is 1. The van der Waals surface area contributed by atoms with Gasteiger partial charge in [0.25, 0.3) is 0 Å². The molecule has 0 fully saturated rings. The maximum Gasteiger partial charge on any atom is 0.131 e. The Morgan fingerprint density at radius 1 is 1.00 bits per heavy atom. The second-order valence-corrected chi connectivity index (χ2v) is 4.32. The summed E-state index contributed by atoms with van der Waals surface area (Å²) in [6.07, 6.45) is 3.58. The zero-order valence-electron chi connectivity index (χ0n) is 10.1. The summed E-state index contributed by atoms with van der Waals surface area (Å²) in [5, 5.41) is 1.10. The highest BCUT2D eigenvalue weighted by atomic mass is 14.8. The third-order valence-electron chi connectivity index (χ3n) is 2.99. The van der Waals surface area contributed by atoms with Crippen LogP contribution in [0.25, 0.3) is 22.0 Å². The van der Waals surface area contributed by atoms with E-state index >= 15 is 0 Å². The molecule has 2 N–H and O–H groups in total. The number of nitrogens with two attached hydrogens (primary N) is 1. The number of fused-ring (bicyclic) bond motifs is 1. The van der Waals surface area contributed by atoms with Gasteiger partial charge in [-0.2, -0.15) is 0 Å². The number of hydrogen-bond acceptors (Lipinski definition) is 3. The average molecular weight is 235 g/mol. The lowest BCUT2D eigenvalue weighted by molar-refractivity contribution is 1.28. The minimum atomic E-state index is 0.553. The lowest BCUT2D eigenvalue weighted by atomic mass is 10.0. The van der Waals surface area contributed by atoms with Crippen molar-refractivity contribution in [2.45, 2.75) is 6.92 Å². The van der Waals surface area contributed by atoms with E-state index in [0.29, 0.717) is 5.82 Å². The van der Waals surface area contributed by atoms with E-state index < -0.39 is 0 Å². The van der Waals surface area contributed by atoms with Crippen molar-refractivity contribution < 1.29 is 0 Å². The standard InChI is InChI=1S/C15H13N3/c1-10-8-13(15(16)18-9-10)11-4-2-6-14-12(11)5-3-7-17-14/h2-9H,1H3,(H2,16,18). The fourth-order valence-corrected chi connectivity index (χ4v) is 2.13. The zero-order valence-corrected chi connectivity index (χ0v) is 10.1. The maximum absolute atomic E-state index is 5.98. The molecule has 0 bridgehead atoms. The molecular formula is C15H13N3. The molecule has 0 aliphatic carbocycles. The summed E-state index contributed by atoms with van der Waals surface area (Å²) in [5.74, 6) is 0.553. The summed E-state index contributed by atoms with van der Waals surface area (Å²) in [6, 6.07) is 12.1. The molecule has 0 saturated heterocycles. The number of aromatic nitrogens is 2. The number of nitrogens with zero attached hydrogens (tertiary/aromatic N) is 2. The van der Waals surface area contributed by atoms with Gasteiger partial charge in [0.1, 0.15) is 5.82 Å². The smallest absolute Gasteiger partial charge is 0.131 e. The van der Waals surface area contributed by atoms with Crippen LogP contribution in [-0.2, 0) is 0 Å². The van der Waals surface area contributed by atoms with Crippen LogP contribution in [0.3, 0.4) is 0 Å². The molecule has 0 aliphatic rings. The number of anilines is 1. The van der Waals surface area contributed by atoms with Gasteiger partial charge in [-0.25, -0.2) is 4.98 Å². The van der Waals surface area contributed by atoms with Gasteiger partial charge in [0.05, 0.1) is 5.52 Å². The van der Waals surface area contributed by atoms with Gasteiger partial charge in [-0.3, -0.25) is 4.98 Å². The molecule has 3 nitrogen and oxygen atoms in total. The van der Waals surface area contributed by atoms with Gasteiger partial charge >= 0.3 is 0 Å². The van der Waals surface area contributed by atoms with Crippen LogP contribution in [0, 0.1) is 6.92 Å². The minimum Gasteiger partial charge on any atom is -0.383 e. The van der Waals surface area contributed by atoms with E-state index in [-0.39, 0.29) is 0 Å². The van der Waals surface area contributed by atoms with Crippen molar-refractivity contribution in [3.8, 4) is 11.1 Å². The number of nitrogen functional groups attached to an aromatic ring is 1. The molecule has 0 spiro atoms. The third-order valence-corrected chi connectivity index (χ3v) is 2.99. The Hall–Kier alpha value is -2.42. The van der Waals surface area contributed by atoms with Crippen LogP contribution in [0.4, 0.5) is 5.82 Å². The monoisotopic (exact) mass is 235 g/mol. The Kier molecular flexibility index (Phi) is 2.45. The van der Waals surface area contributed by atoms with Crippen LogP contribution in [0.2, 0.25) is 0 Å². The van der Waals surface area contributed by atoms with Gasteiger partial charge in [0.2, 0.25) is 0 Å². The van der Waals surface area contributed by atoms with Crippen molar-refractivity contribution >= 4 is 16.7 Å². The highest BCUT2D eigenvalue weighted by Gasteiger charge is 2.08. The lowest BCUT2D eigenvalue weighted by Gasteiger charge is -2.09. The fraction of sp³-hybridized carbons (Fsp3) is 0.0667. The van der Waals surface area contributed by atoms with Gasteiger partial charge in [-0.15, -0.1) is 0 Å². The van der Waals surface area contributed by atoms with E-state index in [0.717, 1.165) is 27.6 Å². The van der Waals surface area contributed by atoms with Crippen LogP contribution in [0.15, 0.2) is 48.8 Å². The molecule has 0 radical (unpaired) electrons. The zero-order chi connectivity index (χ0) is 12.5. The van der Waals surface area contributed by atoms with Crippen LogP contribution in [0.5, 0.6) is 0 Å². The number of pyridine rings is 2. The fourth-order valence-electron chi connectivity index (χ4n) is 2.13. The first-order valence-electron chi connectivity index (χ1n) is 5.82. The average Bonchev–Trinajstić information content (AvgIpc) is 2.41. The second-order valence-electron chi connectivity index (χ2n) is 4.32. The molecular weight excluding hydrogens is 222 g/mol. The van der Waals surface area contributed by atoms with Gasteiger partial charge in [0, 0.05) is 23.3 Å². The quantitative estimate of drug-likeness (QED) is 0.704. The predicted octanol–water partition coefficient (Wildman–Crippen LogP) is 3.19. The number of hydrogen-bond donors (Lipinski definition) is 1. The normalized spacial score (nSPS) is 10.7. The SMILES string of the molecule is Cc1cnc(N)c(-c2cccc3ncccc23)c1. The summed E-state index contributed by atoms with van der Waals surface area (Å²) in [5.41, 5.74) is 10.1. The van der Waals surface area contributed by atoms with E-state index in [1.165, 1.54) is 0 Å². The van der Waals surface area contributed by atoms with Crippen LogP contribution < -0.4 is 5.73 Å². The first-order valence-corrected chi connectivity index (χ1v) is 5.82. The molecule has 0 saturated carbocycles. The van der Waals surface area contributed by atoms with E-state index in [1.807, 2.05) is 25.1 Å². The molecule has 1 aromatic carbocycles. The van der Waals surface area contributed by atoms with Crippen molar-refractivity contribution in [1.82, 2.24) is 9.97 Å². The van der Waals surface area contributed by atoms with Crippen LogP contribution in [-0.4, -0.2) is 9.97 Å². The topological polar surface area (TPSA) is 51.8 Å². The number of rotatable bonds is 1. The van der Waals surface area contributed by atoms with Crippen molar-refractivity contribution in [3.63, 3.8) is 0 Å². The molecule has 88 valence electrons. The highest BCUT2D eigenvalue weighted by molar-refractivity contribution is 5.96. The molecule has 3 heteroatoms. The van der Waals surface area contributed by atoms with Crippen LogP contribution in [0.1, 0.15) is 5.56 Å². The molecule has 18 heavy (non-hydrogen) atoms. The Bertz CT molecular complexity index is 715. The summed E-state index contributed by atoms with van der Waals surface area (Å²) in [6.45, 7) is 2.01. The minimum absolute atomic E-state index is 0.553. The van der Waals surface area contributed by atoms with E-state index in [1.54, 1.807) is 12.4 Å². The van der Waals surface area contributed by atoms with Gasteiger partial charge < -0.3 is 5.73 Å². The second kappa shape index (κ2) is 4.11. The van der Waals surface area contributed by atoms with Crippen LogP contribution >= 0.6 is 0 Å². The summed E-state index contributed by atoms with van der Waals surface area (Å²) in [7, 11) is 0. The Labute approximate surface area is 105 Å². The summed E-state index contributed by atoms with van der Waals surface area (Å²) >= 11 is 0. The Balaban J connectivity index is 2.35. The van der Waals surface area contributed by atoms with Crippen molar-refractivity contribution in [1.29, 1.82) is 0 Å². The third kappa shape index (κ3) is 1.70. The van der Waals surface area contributed by atoms with Crippen molar-refractivity contribution in [3.05, 3.63) is 54.4 Å². The first-order chi connectivity index (χ1) is 8.75. The molecule has 0 amide bonds. The molecule has 3 rings (SSSR count).